The van der Waals surface area contributed by atoms with Gasteiger partial charge in [0.1, 0.15) is 0 Å². The summed E-state index contributed by atoms with van der Waals surface area (Å²) in [5.41, 5.74) is 0. The van der Waals surface area contributed by atoms with Crippen molar-refractivity contribution in [1.29, 1.82) is 0 Å². The Kier molecular flexibility index (Phi) is 8.57. The van der Waals surface area contributed by atoms with Crippen LogP contribution in [-0.4, -0.2) is 41.2 Å². The summed E-state index contributed by atoms with van der Waals surface area (Å²) in [6.45, 7) is 2.57. The number of rotatable bonds is 2. The molecular weight excluding hydrogens is 243 g/mol. The van der Waals surface area contributed by atoms with Crippen LogP contribution in [0.1, 0.15) is 13.8 Å². The van der Waals surface area contributed by atoms with Crippen molar-refractivity contribution >= 4 is 35.7 Å². The first-order chi connectivity index (χ1) is 4.13. The molecule has 0 aliphatic heterocycles. The normalized spacial score (nSPS) is 7.00. The summed E-state index contributed by atoms with van der Waals surface area (Å²) < 4.78 is 8.92. The molecule has 0 bridgehead atoms. The van der Waals surface area contributed by atoms with E-state index < -0.39 is 23.8 Å². The van der Waals surface area contributed by atoms with Gasteiger partial charge >= 0.3 is 64.9 Å². The summed E-state index contributed by atoms with van der Waals surface area (Å²) in [7, 11) is 0. The van der Waals surface area contributed by atoms with Crippen LogP contribution >= 0.6 is 0 Å². The monoisotopic (exact) mass is 251 g/mol. The quantitative estimate of drug-likeness (QED) is 0.618. The zero-order valence-corrected chi connectivity index (χ0v) is 9.01. The van der Waals surface area contributed by atoms with Crippen LogP contribution in [0, 0.1) is 0 Å². The van der Waals surface area contributed by atoms with Gasteiger partial charge in [-0.2, -0.15) is 0 Å². The fraction of sp³-hybridized carbons (Fsp3) is 0.500. The molecule has 0 atom stereocenters. The largest absolute Gasteiger partial charge is 0.412 e. The van der Waals surface area contributed by atoms with Gasteiger partial charge in [-0.15, -0.1) is 0 Å². The fourth-order valence-electron chi connectivity index (χ4n) is 0.160. The Morgan fingerprint density at radius 1 is 1.10 bits per heavy atom. The zero-order chi connectivity index (χ0) is 7.28. The molecule has 0 unspecified atom stereocenters. The summed E-state index contributed by atoms with van der Waals surface area (Å²) in [6, 6.07) is 0. The molecule has 1 radical (unpaired) electrons. The molecule has 0 heterocycles. The van der Waals surface area contributed by atoms with E-state index in [0.29, 0.717) is 0 Å². The van der Waals surface area contributed by atoms with E-state index in [2.05, 4.69) is 5.71 Å². The van der Waals surface area contributed by atoms with E-state index in [1.54, 1.807) is 0 Å². The maximum atomic E-state index is 10.1. The maximum absolute atomic E-state index is 10.1. The van der Waals surface area contributed by atoms with E-state index in [4.69, 9.17) is 0 Å². The van der Waals surface area contributed by atoms with Crippen molar-refractivity contribution in [1.82, 2.24) is 0 Å². The van der Waals surface area contributed by atoms with Crippen molar-refractivity contribution in [2.75, 3.05) is 0 Å². The number of hydrogen-bond donors (Lipinski definition) is 0. The van der Waals surface area contributed by atoms with Crippen LogP contribution in [0.3, 0.4) is 0 Å². The van der Waals surface area contributed by atoms with E-state index in [-0.39, 0.29) is 17.4 Å². The summed E-state index contributed by atoms with van der Waals surface area (Å²) >= 11 is -1.79. The minimum atomic E-state index is -1.79. The van der Waals surface area contributed by atoms with Crippen LogP contribution in [0.15, 0.2) is 0 Å². The number of hydrogen-bond acceptors (Lipinski definition) is 4. The molecule has 2 N–H and O–H groups in total. The molecule has 0 aromatic rings. The van der Waals surface area contributed by atoms with Gasteiger partial charge in [-0.1, -0.05) is 0 Å². The van der Waals surface area contributed by atoms with Gasteiger partial charge in [0.2, 0.25) is 0 Å². The number of carbonyl (C=O) groups is 2. The van der Waals surface area contributed by atoms with Gasteiger partial charge in [-0.3, -0.25) is 0 Å². The van der Waals surface area contributed by atoms with E-state index in [1.165, 1.54) is 13.8 Å². The van der Waals surface area contributed by atoms with Crippen molar-refractivity contribution < 1.29 is 20.8 Å². The molecule has 0 fully saturated rings. The summed E-state index contributed by atoms with van der Waals surface area (Å²) in [5.74, 6) is -0.755. The second kappa shape index (κ2) is 6.88. The van der Waals surface area contributed by atoms with Gasteiger partial charge in [0.25, 0.3) is 0 Å². The number of carbonyl (C=O) groups excluding carboxylic acids is 2. The third kappa shape index (κ3) is 10.7. The molecule has 0 spiro atoms. The van der Waals surface area contributed by atoms with Crippen LogP contribution in [0.2, 0.25) is 0 Å². The Morgan fingerprint density at radius 3 is 1.60 bits per heavy atom. The molecule has 0 aliphatic rings. The van der Waals surface area contributed by atoms with Crippen LogP contribution in [0.4, 0.5) is 0 Å². The molecular formula is C4H8InO5. The molecule has 10 heavy (non-hydrogen) atoms. The van der Waals surface area contributed by atoms with Gasteiger partial charge in [-0.05, 0) is 0 Å². The first kappa shape index (κ1) is 12.4. The van der Waals surface area contributed by atoms with E-state index in [0.717, 1.165) is 0 Å². The van der Waals surface area contributed by atoms with Crippen molar-refractivity contribution in [2.45, 2.75) is 13.8 Å². The third-order valence-corrected chi connectivity index (χ3v) is 2.87. The van der Waals surface area contributed by atoms with Crippen molar-refractivity contribution in [3.8, 4) is 0 Å². The molecule has 0 aromatic carbocycles. The predicted molar refractivity (Wildman–Crippen MR) is 32.9 cm³/mol. The smallest absolute Gasteiger partial charge is 0.412 e. The minimum Gasteiger partial charge on any atom is -0.412 e. The van der Waals surface area contributed by atoms with Gasteiger partial charge < -0.3 is 5.48 Å². The Morgan fingerprint density at radius 2 is 1.40 bits per heavy atom. The maximum Gasteiger partial charge on any atom is -0.412 e. The molecule has 0 aromatic heterocycles. The topological polar surface area (TPSA) is 84.1 Å². The Labute approximate surface area is 70.6 Å². The average molecular weight is 251 g/mol. The summed E-state index contributed by atoms with van der Waals surface area (Å²) in [6.07, 6.45) is 0. The Bertz CT molecular complexity index is 109. The van der Waals surface area contributed by atoms with Crippen LogP contribution in [-0.2, 0) is 15.3 Å². The van der Waals surface area contributed by atoms with Crippen LogP contribution < -0.4 is 0 Å². The molecule has 0 saturated carbocycles. The Balaban J connectivity index is 0. The molecule has 0 saturated heterocycles. The molecule has 57 valence electrons. The molecule has 6 heteroatoms. The molecule has 0 amide bonds. The van der Waals surface area contributed by atoms with Gasteiger partial charge in [-0.25, -0.2) is 0 Å². The van der Waals surface area contributed by atoms with Crippen molar-refractivity contribution in [3.63, 3.8) is 0 Å². The predicted octanol–water partition coefficient (Wildman–Crippen LogP) is -1.18. The van der Waals surface area contributed by atoms with E-state index >= 15 is 0 Å². The van der Waals surface area contributed by atoms with Gasteiger partial charge in [0.15, 0.2) is 0 Å². The third-order valence-electron chi connectivity index (χ3n) is 0.428. The SMILES string of the molecule is CC(=O)[O][In][O]C(C)=O.O. The van der Waals surface area contributed by atoms with Crippen molar-refractivity contribution in [3.05, 3.63) is 0 Å². The summed E-state index contributed by atoms with van der Waals surface area (Å²) in [5, 5.41) is 0. The second-order valence-corrected chi connectivity index (χ2v) is 3.21. The van der Waals surface area contributed by atoms with Crippen molar-refractivity contribution in [2.24, 2.45) is 0 Å². The van der Waals surface area contributed by atoms with E-state index in [1.807, 2.05) is 0 Å². The van der Waals surface area contributed by atoms with Gasteiger partial charge in [0, 0.05) is 0 Å². The second-order valence-electron chi connectivity index (χ2n) is 1.32. The standard InChI is InChI=1S/2C2H4O2.In.H2O/c2*1-2(3)4;;/h2*1H3,(H,3,4);;1H2/q;;+2;/p-2. The first-order valence-corrected chi connectivity index (χ1v) is 4.98. The van der Waals surface area contributed by atoms with Crippen LogP contribution in [0.25, 0.3) is 0 Å². The molecule has 0 aliphatic carbocycles. The van der Waals surface area contributed by atoms with E-state index in [9.17, 15) is 9.59 Å². The van der Waals surface area contributed by atoms with Crippen LogP contribution in [0.5, 0.6) is 0 Å². The summed E-state index contributed by atoms with van der Waals surface area (Å²) in [4.78, 5) is 20.1. The minimum absolute atomic E-state index is 0. The van der Waals surface area contributed by atoms with Gasteiger partial charge in [0.05, 0.1) is 0 Å². The Hall–Kier alpha value is -0.230. The average Bonchev–Trinajstić information content (AvgIpc) is 1.63. The first-order valence-electron chi connectivity index (χ1n) is 2.29. The zero-order valence-electron chi connectivity index (χ0n) is 5.71. The molecule has 0 rings (SSSR count). The fourth-order valence-corrected chi connectivity index (χ4v) is 1.07. The molecule has 5 nitrogen and oxygen atoms in total.